The number of ether oxygens (including phenoxy) is 1. The van der Waals surface area contributed by atoms with Gasteiger partial charge in [0.1, 0.15) is 13.2 Å². The Morgan fingerprint density at radius 3 is 2.15 bits per heavy atom. The SMILES string of the molecule is CC(C)CN(CC(=O)O)C(=O)CCCC(C)NC(=O)OCC1c2ccccc2-c2ccccc21. The molecule has 0 bridgehead atoms. The van der Waals surface area contributed by atoms with Crippen molar-refractivity contribution >= 4 is 18.0 Å². The Bertz CT molecular complexity index is 974. The molecule has 1 atom stereocenters. The van der Waals surface area contributed by atoms with Gasteiger partial charge in [-0.05, 0) is 47.9 Å². The van der Waals surface area contributed by atoms with E-state index in [0.29, 0.717) is 19.4 Å². The fourth-order valence-corrected chi connectivity index (χ4v) is 4.49. The van der Waals surface area contributed by atoms with Crippen molar-refractivity contribution in [2.24, 2.45) is 5.92 Å². The molecule has 3 rings (SSSR count). The number of nitrogens with zero attached hydrogens (tertiary/aromatic N) is 1. The molecule has 0 aromatic heterocycles. The molecule has 0 saturated heterocycles. The quantitative estimate of drug-likeness (QED) is 0.502. The summed E-state index contributed by atoms with van der Waals surface area (Å²) in [6.45, 7) is 6.15. The number of alkyl carbamates (subject to hydrolysis) is 1. The van der Waals surface area contributed by atoms with Crippen LogP contribution in [0.5, 0.6) is 0 Å². The van der Waals surface area contributed by atoms with E-state index in [0.717, 1.165) is 11.1 Å². The summed E-state index contributed by atoms with van der Waals surface area (Å²) in [6, 6.07) is 16.2. The number of amides is 2. The van der Waals surface area contributed by atoms with Crippen molar-refractivity contribution in [3.05, 3.63) is 59.7 Å². The molecule has 2 aromatic carbocycles. The Labute approximate surface area is 201 Å². The Morgan fingerprint density at radius 2 is 1.59 bits per heavy atom. The normalized spacial score (nSPS) is 13.2. The zero-order valence-electron chi connectivity index (χ0n) is 20.1. The molecule has 1 unspecified atom stereocenters. The van der Waals surface area contributed by atoms with Crippen LogP contribution in [0.2, 0.25) is 0 Å². The minimum atomic E-state index is -1.01. The first-order chi connectivity index (χ1) is 16.3. The second kappa shape index (κ2) is 11.7. The Hall–Kier alpha value is -3.35. The number of carboxylic acid groups (broad SMARTS) is 1. The van der Waals surface area contributed by atoms with Gasteiger partial charge in [-0.1, -0.05) is 62.4 Å². The lowest BCUT2D eigenvalue weighted by Gasteiger charge is -2.23. The summed E-state index contributed by atoms with van der Waals surface area (Å²) in [7, 11) is 0. The van der Waals surface area contributed by atoms with Crippen molar-refractivity contribution < 1.29 is 24.2 Å². The molecule has 7 heteroatoms. The van der Waals surface area contributed by atoms with Crippen molar-refractivity contribution in [2.45, 2.75) is 52.0 Å². The number of nitrogens with one attached hydrogen (secondary N) is 1. The smallest absolute Gasteiger partial charge is 0.407 e. The summed E-state index contributed by atoms with van der Waals surface area (Å²) in [5.74, 6) is -0.992. The van der Waals surface area contributed by atoms with Gasteiger partial charge in [-0.25, -0.2) is 4.79 Å². The third-order valence-corrected chi connectivity index (χ3v) is 6.00. The highest BCUT2D eigenvalue weighted by atomic mass is 16.5. The van der Waals surface area contributed by atoms with Gasteiger partial charge < -0.3 is 20.1 Å². The van der Waals surface area contributed by atoms with Crippen LogP contribution in [0.1, 0.15) is 57.1 Å². The first-order valence-corrected chi connectivity index (χ1v) is 11.9. The maximum absolute atomic E-state index is 12.4. The van der Waals surface area contributed by atoms with Crippen LogP contribution in [0.4, 0.5) is 4.79 Å². The Kier molecular flexibility index (Phi) is 8.68. The second-order valence-electron chi connectivity index (χ2n) is 9.33. The van der Waals surface area contributed by atoms with Crippen molar-refractivity contribution in [3.63, 3.8) is 0 Å². The summed E-state index contributed by atoms with van der Waals surface area (Å²) < 4.78 is 5.57. The third-order valence-electron chi connectivity index (χ3n) is 6.00. The fraction of sp³-hybridized carbons (Fsp3) is 0.444. The van der Waals surface area contributed by atoms with E-state index in [1.807, 2.05) is 45.0 Å². The molecule has 2 N–H and O–H groups in total. The zero-order chi connectivity index (χ0) is 24.7. The number of aliphatic carboxylic acids is 1. The van der Waals surface area contributed by atoms with Crippen molar-refractivity contribution in [2.75, 3.05) is 19.7 Å². The molecule has 2 amide bonds. The van der Waals surface area contributed by atoms with Crippen molar-refractivity contribution in [1.82, 2.24) is 10.2 Å². The van der Waals surface area contributed by atoms with Gasteiger partial charge in [0.25, 0.3) is 0 Å². The minimum Gasteiger partial charge on any atom is -0.480 e. The molecule has 0 saturated carbocycles. The number of benzene rings is 2. The van der Waals surface area contributed by atoms with Crippen LogP contribution in [-0.4, -0.2) is 53.7 Å². The van der Waals surface area contributed by atoms with Gasteiger partial charge in [-0.2, -0.15) is 0 Å². The number of carboxylic acids is 1. The number of hydrogen-bond donors (Lipinski definition) is 2. The van der Waals surface area contributed by atoms with Gasteiger partial charge in [-0.15, -0.1) is 0 Å². The maximum Gasteiger partial charge on any atom is 0.407 e. The predicted octanol–water partition coefficient (Wildman–Crippen LogP) is 4.65. The fourth-order valence-electron chi connectivity index (χ4n) is 4.49. The molecule has 182 valence electrons. The van der Waals surface area contributed by atoms with Crippen LogP contribution >= 0.6 is 0 Å². The van der Waals surface area contributed by atoms with E-state index in [2.05, 4.69) is 29.6 Å². The van der Waals surface area contributed by atoms with Crippen molar-refractivity contribution in [3.8, 4) is 11.1 Å². The number of hydrogen-bond acceptors (Lipinski definition) is 4. The van der Waals surface area contributed by atoms with Gasteiger partial charge in [-0.3, -0.25) is 9.59 Å². The topological polar surface area (TPSA) is 95.9 Å². The van der Waals surface area contributed by atoms with Crippen LogP contribution in [0.25, 0.3) is 11.1 Å². The van der Waals surface area contributed by atoms with Crippen LogP contribution < -0.4 is 5.32 Å². The van der Waals surface area contributed by atoms with Crippen molar-refractivity contribution in [1.29, 1.82) is 0 Å². The van der Waals surface area contributed by atoms with E-state index < -0.39 is 12.1 Å². The van der Waals surface area contributed by atoms with Crippen LogP contribution in [0.15, 0.2) is 48.5 Å². The zero-order valence-corrected chi connectivity index (χ0v) is 20.1. The number of carbonyl (C=O) groups excluding carboxylic acids is 2. The highest BCUT2D eigenvalue weighted by Crippen LogP contribution is 2.44. The molecule has 0 spiro atoms. The third kappa shape index (κ3) is 6.59. The number of rotatable bonds is 11. The molecule has 0 radical (unpaired) electrons. The molecule has 1 aliphatic carbocycles. The number of fused-ring (bicyclic) bond motifs is 3. The first kappa shape index (κ1) is 25.3. The summed E-state index contributed by atoms with van der Waals surface area (Å²) in [4.78, 5) is 37.2. The van der Waals surface area contributed by atoms with Gasteiger partial charge in [0.15, 0.2) is 0 Å². The van der Waals surface area contributed by atoms with E-state index >= 15 is 0 Å². The lowest BCUT2D eigenvalue weighted by atomic mass is 9.98. The predicted molar refractivity (Wildman–Crippen MR) is 131 cm³/mol. The largest absolute Gasteiger partial charge is 0.480 e. The van der Waals surface area contributed by atoms with E-state index in [1.165, 1.54) is 16.0 Å². The van der Waals surface area contributed by atoms with E-state index in [-0.39, 0.29) is 43.4 Å². The van der Waals surface area contributed by atoms with Gasteiger partial charge in [0.2, 0.25) is 5.91 Å². The van der Waals surface area contributed by atoms with E-state index in [4.69, 9.17) is 9.84 Å². The molecule has 7 nitrogen and oxygen atoms in total. The summed E-state index contributed by atoms with van der Waals surface area (Å²) in [6.07, 6.45) is 0.917. The Morgan fingerprint density at radius 1 is 1.00 bits per heavy atom. The molecule has 0 heterocycles. The van der Waals surface area contributed by atoms with E-state index in [9.17, 15) is 14.4 Å². The average Bonchev–Trinajstić information content (AvgIpc) is 3.10. The van der Waals surface area contributed by atoms with E-state index in [1.54, 1.807) is 0 Å². The molecule has 0 aliphatic heterocycles. The lowest BCUT2D eigenvalue weighted by molar-refractivity contribution is -0.144. The molecule has 0 fully saturated rings. The monoisotopic (exact) mass is 466 g/mol. The van der Waals surface area contributed by atoms with Crippen LogP contribution in [0.3, 0.4) is 0 Å². The number of carbonyl (C=O) groups is 3. The summed E-state index contributed by atoms with van der Waals surface area (Å²) in [5.41, 5.74) is 4.69. The average molecular weight is 467 g/mol. The highest BCUT2D eigenvalue weighted by Gasteiger charge is 2.29. The maximum atomic E-state index is 12.4. The first-order valence-electron chi connectivity index (χ1n) is 11.9. The van der Waals surface area contributed by atoms with Gasteiger partial charge in [0.05, 0.1) is 0 Å². The molecular formula is C27H34N2O5. The molecule has 2 aromatic rings. The summed E-state index contributed by atoms with van der Waals surface area (Å²) in [5, 5.41) is 11.9. The lowest BCUT2D eigenvalue weighted by Crippen LogP contribution is -2.38. The highest BCUT2D eigenvalue weighted by molar-refractivity contribution is 5.81. The van der Waals surface area contributed by atoms with Crippen LogP contribution in [0, 0.1) is 5.92 Å². The van der Waals surface area contributed by atoms with Gasteiger partial charge in [0, 0.05) is 24.9 Å². The summed E-state index contributed by atoms with van der Waals surface area (Å²) >= 11 is 0. The molecule has 1 aliphatic rings. The van der Waals surface area contributed by atoms with Crippen LogP contribution in [-0.2, 0) is 14.3 Å². The van der Waals surface area contributed by atoms with Gasteiger partial charge >= 0.3 is 12.1 Å². The molecular weight excluding hydrogens is 432 g/mol. The second-order valence-corrected chi connectivity index (χ2v) is 9.33. The Balaban J connectivity index is 1.45. The molecule has 34 heavy (non-hydrogen) atoms. The minimum absolute atomic E-state index is 0.00672. The standard InChI is InChI=1S/C27H34N2O5/c1-18(2)15-29(16-26(31)32)25(30)14-8-9-19(3)28-27(33)34-17-24-22-12-6-4-10-20(22)21-11-5-7-13-23(21)24/h4-7,10-13,18-19,24H,8-9,14-17H2,1-3H3,(H,28,33)(H,31,32).